The van der Waals surface area contributed by atoms with Gasteiger partial charge < -0.3 is 25.0 Å². The highest BCUT2D eigenvalue weighted by Crippen LogP contribution is 2.34. The molecular weight excluding hydrogens is 442 g/mol. The van der Waals surface area contributed by atoms with Crippen LogP contribution in [0.25, 0.3) is 11.1 Å². The van der Waals surface area contributed by atoms with Gasteiger partial charge in [-0.1, -0.05) is 18.2 Å². The van der Waals surface area contributed by atoms with E-state index in [4.69, 9.17) is 4.74 Å². The number of amides is 2. The monoisotopic (exact) mass is 469 g/mol. The zero-order chi connectivity index (χ0) is 24.1. The smallest absolute Gasteiger partial charge is 0.320 e. The SMILES string of the molecule is CCOC(=O)C[C@H](NC(=O)Nc1c(O)ccn(C)c1=O)c1cc(-c2c(C)cccc2C)cs1. The number of carbonyl (C=O) groups is 2. The maximum absolute atomic E-state index is 12.7. The van der Waals surface area contributed by atoms with Crippen molar-refractivity contribution in [2.45, 2.75) is 33.2 Å². The number of nitrogens with zero attached hydrogens (tertiary/aromatic N) is 1. The fourth-order valence-electron chi connectivity index (χ4n) is 3.59. The summed E-state index contributed by atoms with van der Waals surface area (Å²) in [6, 6.07) is 7.93. The minimum atomic E-state index is -0.718. The van der Waals surface area contributed by atoms with Crippen LogP contribution in [0.15, 0.2) is 46.7 Å². The van der Waals surface area contributed by atoms with E-state index < -0.39 is 23.6 Å². The Morgan fingerprint density at radius 1 is 1.21 bits per heavy atom. The molecule has 8 nitrogen and oxygen atoms in total. The summed E-state index contributed by atoms with van der Waals surface area (Å²) in [4.78, 5) is 38.0. The van der Waals surface area contributed by atoms with Crippen LogP contribution in [-0.4, -0.2) is 28.3 Å². The Labute approximate surface area is 195 Å². The van der Waals surface area contributed by atoms with Gasteiger partial charge in [-0.25, -0.2) is 4.79 Å². The highest BCUT2D eigenvalue weighted by molar-refractivity contribution is 7.10. The van der Waals surface area contributed by atoms with E-state index in [1.165, 1.54) is 35.2 Å². The molecule has 1 atom stereocenters. The average Bonchev–Trinajstić information content (AvgIpc) is 3.23. The van der Waals surface area contributed by atoms with E-state index in [-0.39, 0.29) is 24.5 Å². The molecule has 0 fully saturated rings. The fourth-order valence-corrected chi connectivity index (χ4v) is 4.54. The van der Waals surface area contributed by atoms with Gasteiger partial charge in [-0.3, -0.25) is 9.59 Å². The molecule has 2 heterocycles. The first kappa shape index (κ1) is 24.1. The second-order valence-electron chi connectivity index (χ2n) is 7.66. The number of benzene rings is 1. The van der Waals surface area contributed by atoms with E-state index in [0.29, 0.717) is 0 Å². The average molecular weight is 470 g/mol. The minimum Gasteiger partial charge on any atom is -0.505 e. The number of aromatic hydroxyl groups is 1. The molecule has 3 rings (SSSR count). The van der Waals surface area contributed by atoms with Gasteiger partial charge in [0.15, 0.2) is 5.69 Å². The molecule has 0 radical (unpaired) electrons. The first-order chi connectivity index (χ1) is 15.7. The van der Waals surface area contributed by atoms with E-state index in [1.54, 1.807) is 6.92 Å². The number of hydrogen-bond donors (Lipinski definition) is 3. The molecule has 3 N–H and O–H groups in total. The van der Waals surface area contributed by atoms with Gasteiger partial charge in [-0.15, -0.1) is 11.3 Å². The molecule has 174 valence electrons. The Hall–Kier alpha value is -3.59. The van der Waals surface area contributed by atoms with Crippen molar-refractivity contribution in [3.63, 3.8) is 0 Å². The first-order valence-corrected chi connectivity index (χ1v) is 11.4. The molecule has 0 unspecified atom stereocenters. The molecule has 0 saturated carbocycles. The van der Waals surface area contributed by atoms with Gasteiger partial charge in [0.05, 0.1) is 19.1 Å². The van der Waals surface area contributed by atoms with Crippen molar-refractivity contribution in [3.8, 4) is 16.9 Å². The van der Waals surface area contributed by atoms with Crippen LogP contribution in [0.2, 0.25) is 0 Å². The number of nitrogens with one attached hydrogen (secondary N) is 2. The van der Waals surface area contributed by atoms with Crippen molar-refractivity contribution in [1.82, 2.24) is 9.88 Å². The number of anilines is 1. The van der Waals surface area contributed by atoms with Crippen molar-refractivity contribution in [2.24, 2.45) is 7.05 Å². The minimum absolute atomic E-state index is 0.0766. The number of ether oxygens (including phenoxy) is 1. The normalized spacial score (nSPS) is 11.6. The van der Waals surface area contributed by atoms with Crippen LogP contribution in [0, 0.1) is 13.8 Å². The maximum atomic E-state index is 12.7. The van der Waals surface area contributed by atoms with Gasteiger partial charge in [-0.05, 0) is 60.5 Å². The summed E-state index contributed by atoms with van der Waals surface area (Å²) in [5, 5.41) is 17.1. The summed E-state index contributed by atoms with van der Waals surface area (Å²) in [5.41, 5.74) is 3.56. The largest absolute Gasteiger partial charge is 0.505 e. The van der Waals surface area contributed by atoms with Crippen LogP contribution in [0.1, 0.15) is 35.4 Å². The van der Waals surface area contributed by atoms with E-state index in [0.717, 1.165) is 27.1 Å². The third-order valence-electron chi connectivity index (χ3n) is 5.20. The lowest BCUT2D eigenvalue weighted by Crippen LogP contribution is -2.35. The highest BCUT2D eigenvalue weighted by Gasteiger charge is 2.23. The number of aryl methyl sites for hydroxylation is 3. The molecular formula is C24H27N3O5S. The molecule has 0 saturated heterocycles. The Morgan fingerprint density at radius 2 is 1.91 bits per heavy atom. The van der Waals surface area contributed by atoms with E-state index in [1.807, 2.05) is 43.5 Å². The Morgan fingerprint density at radius 3 is 2.58 bits per heavy atom. The molecule has 2 amide bonds. The highest BCUT2D eigenvalue weighted by atomic mass is 32.1. The van der Waals surface area contributed by atoms with Crippen molar-refractivity contribution in [1.29, 1.82) is 0 Å². The second-order valence-corrected chi connectivity index (χ2v) is 8.60. The number of aromatic nitrogens is 1. The Kier molecular flexibility index (Phi) is 7.55. The third-order valence-corrected chi connectivity index (χ3v) is 6.25. The second kappa shape index (κ2) is 10.4. The van der Waals surface area contributed by atoms with Crippen molar-refractivity contribution in [3.05, 3.63) is 68.3 Å². The molecule has 0 bridgehead atoms. The van der Waals surface area contributed by atoms with Gasteiger partial charge >= 0.3 is 12.0 Å². The summed E-state index contributed by atoms with van der Waals surface area (Å²) in [5.74, 6) is -0.799. The number of esters is 1. The lowest BCUT2D eigenvalue weighted by Gasteiger charge is -2.18. The molecule has 0 aliphatic carbocycles. The van der Waals surface area contributed by atoms with Crippen LogP contribution in [0.4, 0.5) is 10.5 Å². The third kappa shape index (κ3) is 5.61. The molecule has 0 spiro atoms. The molecule has 33 heavy (non-hydrogen) atoms. The maximum Gasteiger partial charge on any atom is 0.320 e. The lowest BCUT2D eigenvalue weighted by atomic mass is 9.97. The lowest BCUT2D eigenvalue weighted by molar-refractivity contribution is -0.143. The first-order valence-electron chi connectivity index (χ1n) is 10.5. The van der Waals surface area contributed by atoms with E-state index >= 15 is 0 Å². The van der Waals surface area contributed by atoms with Gasteiger partial charge in [0, 0.05) is 18.1 Å². The van der Waals surface area contributed by atoms with Gasteiger partial charge in [-0.2, -0.15) is 0 Å². The molecule has 0 aliphatic rings. The standard InChI is InChI=1S/C24H27N3O5S/c1-5-32-20(29)12-17(25-24(31)26-22-18(28)9-10-27(4)23(22)30)19-11-16(13-33-19)21-14(2)7-6-8-15(21)3/h6-11,13,17,28H,5,12H2,1-4H3,(H2,25,26,31)/t17-/m0/s1. The summed E-state index contributed by atoms with van der Waals surface area (Å²) in [6.07, 6.45) is 1.32. The van der Waals surface area contributed by atoms with Crippen LogP contribution < -0.4 is 16.2 Å². The number of thiophene rings is 1. The molecule has 2 aromatic heterocycles. The number of urea groups is 1. The van der Waals surface area contributed by atoms with Crippen LogP contribution >= 0.6 is 11.3 Å². The summed E-state index contributed by atoms with van der Waals surface area (Å²) in [7, 11) is 1.51. The summed E-state index contributed by atoms with van der Waals surface area (Å²) in [6.45, 7) is 6.01. The topological polar surface area (TPSA) is 110 Å². The van der Waals surface area contributed by atoms with E-state index in [9.17, 15) is 19.5 Å². The molecule has 1 aromatic carbocycles. The van der Waals surface area contributed by atoms with Crippen molar-refractivity contribution in [2.75, 3.05) is 11.9 Å². The van der Waals surface area contributed by atoms with Crippen LogP contribution in [0.5, 0.6) is 5.75 Å². The molecule has 3 aromatic rings. The fraction of sp³-hybridized carbons (Fsp3) is 0.292. The van der Waals surface area contributed by atoms with Crippen LogP contribution in [-0.2, 0) is 16.6 Å². The quantitative estimate of drug-likeness (QED) is 0.448. The predicted octanol–water partition coefficient (Wildman–Crippen LogP) is 4.25. The zero-order valence-corrected chi connectivity index (χ0v) is 19.8. The summed E-state index contributed by atoms with van der Waals surface area (Å²) >= 11 is 1.42. The van der Waals surface area contributed by atoms with Crippen LogP contribution in [0.3, 0.4) is 0 Å². The number of pyridine rings is 1. The Bertz CT molecular complexity index is 1210. The van der Waals surface area contributed by atoms with Crippen molar-refractivity contribution < 1.29 is 19.4 Å². The number of hydrogen-bond acceptors (Lipinski definition) is 6. The van der Waals surface area contributed by atoms with Crippen molar-refractivity contribution >= 4 is 29.0 Å². The molecule has 9 heteroatoms. The predicted molar refractivity (Wildman–Crippen MR) is 129 cm³/mol. The van der Waals surface area contributed by atoms with E-state index in [2.05, 4.69) is 10.6 Å². The molecule has 0 aliphatic heterocycles. The van der Waals surface area contributed by atoms with Gasteiger partial charge in [0.25, 0.3) is 5.56 Å². The Balaban J connectivity index is 1.88. The zero-order valence-electron chi connectivity index (χ0n) is 19.0. The van der Waals surface area contributed by atoms with Gasteiger partial charge in [0.2, 0.25) is 0 Å². The van der Waals surface area contributed by atoms with Gasteiger partial charge in [0.1, 0.15) is 5.75 Å². The number of carbonyl (C=O) groups excluding carboxylic acids is 2. The summed E-state index contributed by atoms with van der Waals surface area (Å²) < 4.78 is 6.32. The number of rotatable bonds is 7.